The minimum Gasteiger partial charge on any atom is -0.327 e. The second kappa shape index (κ2) is 5.61. The molecule has 0 spiro atoms. The van der Waals surface area contributed by atoms with Crippen molar-refractivity contribution in [3.05, 3.63) is 11.6 Å². The molecule has 0 amide bonds. The van der Waals surface area contributed by atoms with Crippen LogP contribution in [0.3, 0.4) is 0 Å². The number of nitrogens with two attached hydrogens (primary N) is 1. The van der Waals surface area contributed by atoms with Crippen LogP contribution in [0.15, 0.2) is 0 Å². The molecule has 1 aromatic heterocycles. The third-order valence-corrected chi connectivity index (χ3v) is 4.93. The first-order chi connectivity index (χ1) is 9.25. The third-order valence-electron chi connectivity index (χ3n) is 4.93. The van der Waals surface area contributed by atoms with E-state index in [1.807, 2.05) is 11.7 Å². The minimum atomic E-state index is 0.274. The molecule has 0 radical (unpaired) electrons. The molecule has 19 heavy (non-hydrogen) atoms. The molecule has 4 nitrogen and oxygen atoms in total. The van der Waals surface area contributed by atoms with E-state index < -0.39 is 0 Å². The molecule has 1 aromatic rings. The molecule has 2 saturated carbocycles. The molecule has 2 atom stereocenters. The first-order valence-electron chi connectivity index (χ1n) is 7.92. The highest BCUT2D eigenvalue weighted by Gasteiger charge is 2.29. The summed E-state index contributed by atoms with van der Waals surface area (Å²) in [5, 5.41) is 4.69. The lowest BCUT2D eigenvalue weighted by Gasteiger charge is -2.27. The van der Waals surface area contributed by atoms with Gasteiger partial charge in [-0.2, -0.15) is 5.10 Å². The Morgan fingerprint density at radius 2 is 1.68 bits per heavy atom. The van der Waals surface area contributed by atoms with E-state index in [2.05, 4.69) is 0 Å². The predicted octanol–water partition coefficient (Wildman–Crippen LogP) is 2.85. The Hall–Kier alpha value is -0.900. The summed E-state index contributed by atoms with van der Waals surface area (Å²) in [6.07, 6.45) is 11.4. The Morgan fingerprint density at radius 3 is 2.42 bits per heavy atom. The first-order valence-corrected chi connectivity index (χ1v) is 7.92. The highest BCUT2D eigenvalue weighted by molar-refractivity contribution is 5.08. The van der Waals surface area contributed by atoms with Crippen molar-refractivity contribution < 1.29 is 0 Å². The molecule has 3 rings (SSSR count). The Bertz CT molecular complexity index is 420. The van der Waals surface area contributed by atoms with E-state index in [-0.39, 0.29) is 6.04 Å². The molecule has 2 fully saturated rings. The van der Waals surface area contributed by atoms with Crippen LogP contribution < -0.4 is 5.73 Å². The van der Waals surface area contributed by atoms with Gasteiger partial charge in [0.2, 0.25) is 0 Å². The summed E-state index contributed by atoms with van der Waals surface area (Å²) in [6, 6.07) is 0.274. The number of hydrogen-bond donors (Lipinski definition) is 1. The van der Waals surface area contributed by atoms with E-state index in [0.717, 1.165) is 18.1 Å². The SMILES string of the molecule is Cn1nc(C2CCCCC2)nc1C1CCCCC1N. The van der Waals surface area contributed by atoms with Crippen LogP contribution >= 0.6 is 0 Å². The van der Waals surface area contributed by atoms with Crippen molar-refractivity contribution in [1.29, 1.82) is 0 Å². The lowest BCUT2D eigenvalue weighted by atomic mass is 9.84. The van der Waals surface area contributed by atoms with Gasteiger partial charge in [-0.15, -0.1) is 0 Å². The maximum atomic E-state index is 6.29. The van der Waals surface area contributed by atoms with Crippen molar-refractivity contribution >= 4 is 0 Å². The van der Waals surface area contributed by atoms with Gasteiger partial charge < -0.3 is 5.73 Å². The molecule has 1 heterocycles. The van der Waals surface area contributed by atoms with Gasteiger partial charge in [0.1, 0.15) is 5.82 Å². The summed E-state index contributed by atoms with van der Waals surface area (Å²) in [4.78, 5) is 4.88. The normalized spacial score (nSPS) is 29.6. The number of aromatic nitrogens is 3. The van der Waals surface area contributed by atoms with Gasteiger partial charge in [-0.3, -0.25) is 4.68 Å². The van der Waals surface area contributed by atoms with Crippen LogP contribution in [0.4, 0.5) is 0 Å². The van der Waals surface area contributed by atoms with Gasteiger partial charge in [-0.1, -0.05) is 32.1 Å². The van der Waals surface area contributed by atoms with Crippen molar-refractivity contribution in [2.75, 3.05) is 0 Å². The van der Waals surface area contributed by atoms with Crippen molar-refractivity contribution in [1.82, 2.24) is 14.8 Å². The monoisotopic (exact) mass is 262 g/mol. The van der Waals surface area contributed by atoms with Crippen molar-refractivity contribution in [3.63, 3.8) is 0 Å². The highest BCUT2D eigenvalue weighted by atomic mass is 15.3. The molecule has 106 valence electrons. The molecule has 4 heteroatoms. The number of hydrogen-bond acceptors (Lipinski definition) is 3. The van der Waals surface area contributed by atoms with Gasteiger partial charge >= 0.3 is 0 Å². The van der Waals surface area contributed by atoms with Crippen molar-refractivity contribution in [2.45, 2.75) is 75.7 Å². The van der Waals surface area contributed by atoms with Crippen molar-refractivity contribution in [3.8, 4) is 0 Å². The first kappa shape index (κ1) is 13.1. The average Bonchev–Trinajstić information content (AvgIpc) is 2.82. The maximum absolute atomic E-state index is 6.29. The van der Waals surface area contributed by atoms with Gasteiger partial charge in [0, 0.05) is 24.9 Å². The van der Waals surface area contributed by atoms with Gasteiger partial charge in [0.15, 0.2) is 5.82 Å². The van der Waals surface area contributed by atoms with E-state index in [1.165, 1.54) is 51.4 Å². The second-order valence-electron chi connectivity index (χ2n) is 6.34. The fourth-order valence-electron chi connectivity index (χ4n) is 3.75. The van der Waals surface area contributed by atoms with E-state index >= 15 is 0 Å². The topological polar surface area (TPSA) is 56.7 Å². The van der Waals surface area contributed by atoms with Gasteiger partial charge in [-0.05, 0) is 25.7 Å². The largest absolute Gasteiger partial charge is 0.327 e. The lowest BCUT2D eigenvalue weighted by molar-refractivity contribution is 0.364. The Morgan fingerprint density at radius 1 is 1.00 bits per heavy atom. The molecule has 2 aliphatic rings. The summed E-state index contributed by atoms with van der Waals surface area (Å²) in [6.45, 7) is 0. The van der Waals surface area contributed by atoms with E-state index in [4.69, 9.17) is 15.8 Å². The zero-order chi connectivity index (χ0) is 13.2. The molecule has 0 aromatic carbocycles. The predicted molar refractivity (Wildman–Crippen MR) is 76.0 cm³/mol. The van der Waals surface area contributed by atoms with Crippen LogP contribution in [0, 0.1) is 0 Å². The lowest BCUT2D eigenvalue weighted by Crippen LogP contribution is -2.33. The van der Waals surface area contributed by atoms with Crippen LogP contribution in [-0.4, -0.2) is 20.8 Å². The molecule has 0 saturated heterocycles. The smallest absolute Gasteiger partial charge is 0.154 e. The van der Waals surface area contributed by atoms with Gasteiger partial charge in [0.05, 0.1) is 0 Å². The van der Waals surface area contributed by atoms with Gasteiger partial charge in [-0.25, -0.2) is 4.98 Å². The van der Waals surface area contributed by atoms with Crippen LogP contribution in [0.25, 0.3) is 0 Å². The summed E-state index contributed by atoms with van der Waals surface area (Å²) in [5.41, 5.74) is 6.29. The summed E-state index contributed by atoms with van der Waals surface area (Å²) < 4.78 is 2.00. The number of rotatable bonds is 2. The molecule has 2 N–H and O–H groups in total. The molecule has 2 unspecified atom stereocenters. The summed E-state index contributed by atoms with van der Waals surface area (Å²) >= 11 is 0. The zero-order valence-electron chi connectivity index (χ0n) is 12.0. The molecule has 0 aliphatic heterocycles. The fourth-order valence-corrected chi connectivity index (χ4v) is 3.75. The van der Waals surface area contributed by atoms with Crippen LogP contribution in [0.2, 0.25) is 0 Å². The summed E-state index contributed by atoms with van der Waals surface area (Å²) in [5.74, 6) is 3.22. The van der Waals surface area contributed by atoms with E-state index in [0.29, 0.717) is 11.8 Å². The number of nitrogens with zero attached hydrogens (tertiary/aromatic N) is 3. The molecule has 0 bridgehead atoms. The quantitative estimate of drug-likeness (QED) is 0.891. The standard InChI is InChI=1S/C15H26N4/c1-19-15(12-9-5-6-10-13(12)16)17-14(18-19)11-7-3-2-4-8-11/h11-13H,2-10,16H2,1H3. The second-order valence-corrected chi connectivity index (χ2v) is 6.34. The minimum absolute atomic E-state index is 0.274. The van der Waals surface area contributed by atoms with Crippen LogP contribution in [0.5, 0.6) is 0 Å². The van der Waals surface area contributed by atoms with E-state index in [1.54, 1.807) is 0 Å². The van der Waals surface area contributed by atoms with Gasteiger partial charge in [0.25, 0.3) is 0 Å². The Kier molecular flexibility index (Phi) is 3.87. The molecular weight excluding hydrogens is 236 g/mol. The fraction of sp³-hybridized carbons (Fsp3) is 0.867. The number of aryl methyl sites for hydroxylation is 1. The van der Waals surface area contributed by atoms with Crippen LogP contribution in [-0.2, 0) is 7.05 Å². The summed E-state index contributed by atoms with van der Waals surface area (Å²) in [7, 11) is 2.04. The maximum Gasteiger partial charge on any atom is 0.154 e. The van der Waals surface area contributed by atoms with Crippen LogP contribution in [0.1, 0.15) is 81.3 Å². The Labute approximate surface area is 115 Å². The third kappa shape index (κ3) is 2.69. The molecule has 2 aliphatic carbocycles. The van der Waals surface area contributed by atoms with Crippen molar-refractivity contribution in [2.24, 2.45) is 12.8 Å². The Balaban J connectivity index is 1.80. The zero-order valence-corrected chi connectivity index (χ0v) is 12.0. The molecular formula is C15H26N4. The van der Waals surface area contributed by atoms with E-state index in [9.17, 15) is 0 Å². The highest BCUT2D eigenvalue weighted by Crippen LogP contribution is 2.34. The average molecular weight is 262 g/mol.